The summed E-state index contributed by atoms with van der Waals surface area (Å²) in [4.78, 5) is 27.7. The van der Waals surface area contributed by atoms with Crippen LogP contribution >= 0.6 is 0 Å². The lowest BCUT2D eigenvalue weighted by atomic mass is 10.1. The fourth-order valence-corrected chi connectivity index (χ4v) is 2.19. The molecule has 7 heteroatoms. The third kappa shape index (κ3) is 3.82. The van der Waals surface area contributed by atoms with Crippen molar-refractivity contribution >= 4 is 17.5 Å². The molecule has 1 N–H and O–H groups in total. The molecular formula is C16H17N3O4. The molecule has 1 aromatic heterocycles. The molecule has 0 radical (unpaired) electrons. The number of aliphatic carboxylic acids is 1. The predicted octanol–water partition coefficient (Wildman–Crippen LogP) is 2.81. The highest BCUT2D eigenvalue weighted by atomic mass is 16.6. The van der Waals surface area contributed by atoms with E-state index in [1.54, 1.807) is 43.1 Å². The molecule has 23 heavy (non-hydrogen) atoms. The number of nitrogens with zero attached hydrogens (tertiary/aromatic N) is 3. The maximum Gasteiger partial charge on any atom is 0.308 e. The quantitative estimate of drug-likeness (QED) is 0.650. The molecule has 1 atom stereocenters. The Labute approximate surface area is 133 Å². The van der Waals surface area contributed by atoms with Crippen LogP contribution in [0.2, 0.25) is 0 Å². The Balaban J connectivity index is 2.41. The average Bonchev–Trinajstić information content (AvgIpc) is 2.54. The zero-order chi connectivity index (χ0) is 17.0. The van der Waals surface area contributed by atoms with Crippen LogP contribution < -0.4 is 4.90 Å². The molecule has 2 aromatic rings. The number of hydrogen-bond donors (Lipinski definition) is 1. The summed E-state index contributed by atoms with van der Waals surface area (Å²) in [5, 5.41) is 20.2. The summed E-state index contributed by atoms with van der Waals surface area (Å²) in [7, 11) is 1.71. The van der Waals surface area contributed by atoms with Crippen LogP contribution in [-0.2, 0) is 4.79 Å². The topological polar surface area (TPSA) is 96.6 Å². The monoisotopic (exact) mass is 315 g/mol. The summed E-state index contributed by atoms with van der Waals surface area (Å²) >= 11 is 0. The minimum Gasteiger partial charge on any atom is -0.481 e. The van der Waals surface area contributed by atoms with Crippen LogP contribution in [0.3, 0.4) is 0 Å². The van der Waals surface area contributed by atoms with E-state index in [2.05, 4.69) is 4.98 Å². The second-order valence-corrected chi connectivity index (χ2v) is 5.28. The Hall–Kier alpha value is -2.96. The minimum absolute atomic E-state index is 0.0837. The number of aromatic nitrogens is 1. The van der Waals surface area contributed by atoms with Gasteiger partial charge in [-0.1, -0.05) is 37.3 Å². The van der Waals surface area contributed by atoms with Gasteiger partial charge in [-0.25, -0.2) is 4.98 Å². The number of carbonyl (C=O) groups is 1. The average molecular weight is 315 g/mol. The summed E-state index contributed by atoms with van der Waals surface area (Å²) in [6, 6.07) is 11.8. The largest absolute Gasteiger partial charge is 0.481 e. The first-order chi connectivity index (χ1) is 10.9. The van der Waals surface area contributed by atoms with Gasteiger partial charge in [-0.05, 0) is 6.07 Å². The molecule has 0 fully saturated rings. The first-order valence-corrected chi connectivity index (χ1v) is 7.05. The number of pyridine rings is 1. The van der Waals surface area contributed by atoms with Gasteiger partial charge in [0.1, 0.15) is 5.82 Å². The Bertz CT molecular complexity index is 719. The number of anilines is 1. The molecule has 0 aliphatic rings. The van der Waals surface area contributed by atoms with Crippen LogP contribution in [0.15, 0.2) is 42.5 Å². The number of benzene rings is 1. The highest BCUT2D eigenvalue weighted by Gasteiger charge is 2.20. The van der Waals surface area contributed by atoms with E-state index in [-0.39, 0.29) is 17.9 Å². The molecule has 0 bridgehead atoms. The van der Waals surface area contributed by atoms with E-state index in [9.17, 15) is 14.9 Å². The normalized spacial score (nSPS) is 11.7. The molecule has 1 unspecified atom stereocenters. The Morgan fingerprint density at radius 3 is 2.52 bits per heavy atom. The maximum atomic E-state index is 11.2. The van der Waals surface area contributed by atoms with E-state index in [0.29, 0.717) is 11.4 Å². The molecule has 1 heterocycles. The van der Waals surface area contributed by atoms with Crippen molar-refractivity contribution in [1.29, 1.82) is 0 Å². The minimum atomic E-state index is -0.901. The van der Waals surface area contributed by atoms with Gasteiger partial charge in [0.05, 0.1) is 10.8 Å². The molecule has 1 aromatic carbocycles. The zero-order valence-corrected chi connectivity index (χ0v) is 12.8. The van der Waals surface area contributed by atoms with Crippen LogP contribution in [0, 0.1) is 16.0 Å². The number of carboxylic acids is 1. The Morgan fingerprint density at radius 1 is 1.30 bits per heavy atom. The van der Waals surface area contributed by atoms with Gasteiger partial charge in [-0.3, -0.25) is 14.9 Å². The molecule has 0 aliphatic carbocycles. The lowest BCUT2D eigenvalue weighted by Gasteiger charge is -2.21. The van der Waals surface area contributed by atoms with Crippen LogP contribution in [0.4, 0.5) is 11.5 Å². The fourth-order valence-electron chi connectivity index (χ4n) is 2.19. The van der Waals surface area contributed by atoms with Gasteiger partial charge in [0, 0.05) is 25.2 Å². The lowest BCUT2D eigenvalue weighted by Crippen LogP contribution is -2.29. The number of rotatable bonds is 6. The molecule has 0 spiro atoms. The van der Waals surface area contributed by atoms with Crippen LogP contribution in [0.25, 0.3) is 11.3 Å². The smallest absolute Gasteiger partial charge is 0.308 e. The molecule has 120 valence electrons. The predicted molar refractivity (Wildman–Crippen MR) is 86.4 cm³/mol. The van der Waals surface area contributed by atoms with Crippen molar-refractivity contribution in [3.63, 3.8) is 0 Å². The Morgan fingerprint density at radius 2 is 1.96 bits per heavy atom. The van der Waals surface area contributed by atoms with Crippen molar-refractivity contribution in [3.8, 4) is 11.3 Å². The highest BCUT2D eigenvalue weighted by molar-refractivity contribution is 5.72. The standard InChI is InChI=1S/C16H17N3O4/c1-11(16(20)21)10-18(2)14-9-8-13(19(22)23)15(17-14)12-6-4-3-5-7-12/h3-9,11H,10H2,1-2H3,(H,20,21). The summed E-state index contributed by atoms with van der Waals surface area (Å²) in [6.07, 6.45) is 0. The van der Waals surface area contributed by atoms with Crippen LogP contribution in [0.1, 0.15) is 6.92 Å². The first-order valence-electron chi connectivity index (χ1n) is 7.05. The van der Waals surface area contributed by atoms with Gasteiger partial charge in [0.15, 0.2) is 5.69 Å². The van der Waals surface area contributed by atoms with E-state index in [1.165, 1.54) is 12.1 Å². The van der Waals surface area contributed by atoms with E-state index in [4.69, 9.17) is 5.11 Å². The molecule has 0 saturated carbocycles. The van der Waals surface area contributed by atoms with Crippen LogP contribution in [0.5, 0.6) is 0 Å². The van der Waals surface area contributed by atoms with Gasteiger partial charge in [0.25, 0.3) is 5.69 Å². The summed E-state index contributed by atoms with van der Waals surface area (Å²) in [5.41, 5.74) is 0.822. The van der Waals surface area contributed by atoms with Crippen LogP contribution in [-0.4, -0.2) is 34.6 Å². The molecule has 0 amide bonds. The molecule has 7 nitrogen and oxygen atoms in total. The van der Waals surface area contributed by atoms with Crippen molar-refractivity contribution in [2.24, 2.45) is 5.92 Å². The second kappa shape index (κ2) is 6.87. The third-order valence-electron chi connectivity index (χ3n) is 3.46. The van der Waals surface area contributed by atoms with E-state index >= 15 is 0 Å². The molecule has 0 saturated heterocycles. The third-order valence-corrected chi connectivity index (χ3v) is 3.46. The zero-order valence-electron chi connectivity index (χ0n) is 12.8. The summed E-state index contributed by atoms with van der Waals surface area (Å²) < 4.78 is 0. The van der Waals surface area contributed by atoms with Gasteiger partial charge >= 0.3 is 5.97 Å². The van der Waals surface area contributed by atoms with Crippen molar-refractivity contribution in [2.45, 2.75) is 6.92 Å². The van der Waals surface area contributed by atoms with E-state index < -0.39 is 16.8 Å². The van der Waals surface area contributed by atoms with Gasteiger partial charge in [-0.2, -0.15) is 0 Å². The highest BCUT2D eigenvalue weighted by Crippen LogP contribution is 2.30. The van der Waals surface area contributed by atoms with Gasteiger partial charge in [-0.15, -0.1) is 0 Å². The van der Waals surface area contributed by atoms with Crippen molar-refractivity contribution in [3.05, 3.63) is 52.6 Å². The van der Waals surface area contributed by atoms with Crippen molar-refractivity contribution in [1.82, 2.24) is 4.98 Å². The Kier molecular flexibility index (Phi) is 4.90. The molecular weight excluding hydrogens is 298 g/mol. The summed E-state index contributed by atoms with van der Waals surface area (Å²) in [5.74, 6) is -0.984. The number of carboxylic acid groups (broad SMARTS) is 1. The lowest BCUT2D eigenvalue weighted by molar-refractivity contribution is -0.384. The number of hydrogen-bond acceptors (Lipinski definition) is 5. The SMILES string of the molecule is CC(CN(C)c1ccc([N+](=O)[O-])c(-c2ccccc2)n1)C(=O)O. The van der Waals surface area contributed by atoms with Gasteiger partial charge in [0.2, 0.25) is 0 Å². The second-order valence-electron chi connectivity index (χ2n) is 5.28. The summed E-state index contributed by atoms with van der Waals surface area (Å²) in [6.45, 7) is 1.86. The fraction of sp³-hybridized carbons (Fsp3) is 0.250. The van der Waals surface area contributed by atoms with Gasteiger partial charge < -0.3 is 10.0 Å². The van der Waals surface area contributed by atoms with Crippen molar-refractivity contribution in [2.75, 3.05) is 18.5 Å². The maximum absolute atomic E-state index is 11.2. The van der Waals surface area contributed by atoms with E-state index in [1.807, 2.05) is 6.07 Å². The molecule has 0 aliphatic heterocycles. The van der Waals surface area contributed by atoms with Crippen molar-refractivity contribution < 1.29 is 14.8 Å². The number of nitro groups is 1. The first kappa shape index (κ1) is 16.4. The molecule has 2 rings (SSSR count). The van der Waals surface area contributed by atoms with E-state index in [0.717, 1.165) is 0 Å².